The average Bonchev–Trinajstić information content (AvgIpc) is 3.30. The van der Waals surface area contributed by atoms with Gasteiger partial charge in [0.25, 0.3) is 0 Å². The Morgan fingerprint density at radius 1 is 1.06 bits per heavy atom. The fraction of sp³-hybridized carbons (Fsp3) is 0.250. The number of carbonyl (C=O) groups is 2. The Hall–Kier alpha value is -2.64. The van der Waals surface area contributed by atoms with E-state index in [1.165, 1.54) is 22.5 Å². The molecule has 1 saturated carbocycles. The maximum Gasteiger partial charge on any atom is 0.407 e. The van der Waals surface area contributed by atoms with Crippen molar-refractivity contribution < 1.29 is 19.4 Å². The number of hydrogen-bond donors (Lipinski definition) is 2. The Morgan fingerprint density at radius 3 is 2.23 bits per heavy atom. The van der Waals surface area contributed by atoms with E-state index in [0.717, 1.165) is 21.2 Å². The van der Waals surface area contributed by atoms with Gasteiger partial charge < -0.3 is 15.2 Å². The van der Waals surface area contributed by atoms with Gasteiger partial charge in [-0.15, -0.1) is 0 Å². The first-order valence-electron chi connectivity index (χ1n) is 10.1. The van der Waals surface area contributed by atoms with E-state index >= 15 is 0 Å². The van der Waals surface area contributed by atoms with Crippen molar-refractivity contribution in [2.75, 3.05) is 6.61 Å². The quantitative estimate of drug-likeness (QED) is 0.471. The van der Waals surface area contributed by atoms with Crippen molar-refractivity contribution in [1.29, 1.82) is 0 Å². The Bertz CT molecular complexity index is 1120. The number of rotatable bonds is 5. The summed E-state index contributed by atoms with van der Waals surface area (Å²) in [5.41, 5.74) is 4.85. The van der Waals surface area contributed by atoms with Crippen LogP contribution in [0.3, 0.4) is 0 Å². The van der Waals surface area contributed by atoms with Crippen molar-refractivity contribution in [3.8, 4) is 11.1 Å². The molecule has 2 N–H and O–H groups in total. The van der Waals surface area contributed by atoms with Crippen molar-refractivity contribution in [1.82, 2.24) is 5.32 Å². The number of aliphatic carboxylic acids is 1. The van der Waals surface area contributed by atoms with Gasteiger partial charge in [-0.1, -0.05) is 48.5 Å². The highest BCUT2D eigenvalue weighted by molar-refractivity contribution is 9.10. The lowest BCUT2D eigenvalue weighted by Crippen LogP contribution is -2.56. The summed E-state index contributed by atoms with van der Waals surface area (Å²) in [5, 5.41) is 16.2. The lowest BCUT2D eigenvalue weighted by Gasteiger charge is -2.46. The maximum absolute atomic E-state index is 12.8. The van der Waals surface area contributed by atoms with Gasteiger partial charge in [-0.2, -0.15) is 11.3 Å². The van der Waals surface area contributed by atoms with Gasteiger partial charge in [-0.3, -0.25) is 4.79 Å². The summed E-state index contributed by atoms with van der Waals surface area (Å²) in [5.74, 6) is -1.33. The Kier molecular flexibility index (Phi) is 5.10. The molecule has 0 radical (unpaired) electrons. The van der Waals surface area contributed by atoms with Crippen LogP contribution in [0.1, 0.15) is 35.4 Å². The zero-order valence-electron chi connectivity index (χ0n) is 16.5. The summed E-state index contributed by atoms with van der Waals surface area (Å²) < 4.78 is 6.57. The summed E-state index contributed by atoms with van der Waals surface area (Å²) in [7, 11) is 0. The van der Waals surface area contributed by atoms with Crippen LogP contribution in [0.5, 0.6) is 0 Å². The predicted octanol–water partition coefficient (Wildman–Crippen LogP) is 5.74. The zero-order valence-corrected chi connectivity index (χ0v) is 18.9. The van der Waals surface area contributed by atoms with Crippen molar-refractivity contribution in [3.05, 3.63) is 80.5 Å². The van der Waals surface area contributed by atoms with Crippen LogP contribution in [-0.4, -0.2) is 23.8 Å². The van der Waals surface area contributed by atoms with Crippen LogP contribution in [0.4, 0.5) is 4.79 Å². The first-order chi connectivity index (χ1) is 15.0. The molecule has 0 spiro atoms. The third kappa shape index (κ3) is 3.46. The third-order valence-electron chi connectivity index (χ3n) is 6.35. The monoisotopic (exact) mass is 497 g/mol. The zero-order chi connectivity index (χ0) is 21.6. The van der Waals surface area contributed by atoms with Crippen LogP contribution in [0.2, 0.25) is 0 Å². The van der Waals surface area contributed by atoms with Gasteiger partial charge in [-0.05, 0) is 56.4 Å². The highest BCUT2D eigenvalue weighted by atomic mass is 79.9. The highest BCUT2D eigenvalue weighted by Crippen LogP contribution is 2.49. The van der Waals surface area contributed by atoms with Crippen LogP contribution < -0.4 is 5.32 Å². The number of hydrogen-bond acceptors (Lipinski definition) is 4. The Labute approximate surface area is 192 Å². The lowest BCUT2D eigenvalue weighted by atomic mass is 9.65. The Morgan fingerprint density at radius 2 is 1.68 bits per heavy atom. The molecule has 2 aliphatic carbocycles. The van der Waals surface area contributed by atoms with E-state index in [9.17, 15) is 14.7 Å². The minimum absolute atomic E-state index is 0.0184. The number of nitrogens with one attached hydrogen (secondary N) is 1. The minimum Gasteiger partial charge on any atom is -0.481 e. The largest absolute Gasteiger partial charge is 0.481 e. The third-order valence-corrected chi connectivity index (χ3v) is 8.06. The first kappa shape index (κ1) is 20.3. The van der Waals surface area contributed by atoms with E-state index in [-0.39, 0.29) is 12.5 Å². The molecule has 0 bridgehead atoms. The van der Waals surface area contributed by atoms with Crippen LogP contribution >= 0.6 is 27.3 Å². The van der Waals surface area contributed by atoms with Gasteiger partial charge in [0.2, 0.25) is 0 Å². The second kappa shape index (κ2) is 7.80. The summed E-state index contributed by atoms with van der Waals surface area (Å²) in [6.07, 6.45) is 0.174. The summed E-state index contributed by atoms with van der Waals surface area (Å²) in [6.45, 7) is 0.225. The second-order valence-corrected chi connectivity index (χ2v) is 9.71. The van der Waals surface area contributed by atoms with Crippen LogP contribution in [0.15, 0.2) is 63.8 Å². The molecule has 5 nitrogen and oxygen atoms in total. The van der Waals surface area contributed by atoms with E-state index in [0.29, 0.717) is 12.8 Å². The molecule has 1 aromatic heterocycles. The molecule has 1 heterocycles. The first-order valence-corrected chi connectivity index (χ1v) is 11.8. The fourth-order valence-electron chi connectivity index (χ4n) is 4.80. The van der Waals surface area contributed by atoms with Gasteiger partial charge in [-0.25, -0.2) is 4.79 Å². The second-order valence-electron chi connectivity index (χ2n) is 8.11. The van der Waals surface area contributed by atoms with Crippen LogP contribution in [-0.2, 0) is 15.1 Å². The molecule has 158 valence electrons. The molecule has 31 heavy (non-hydrogen) atoms. The summed E-state index contributed by atoms with van der Waals surface area (Å²) >= 11 is 5.03. The molecule has 0 atom stereocenters. The number of benzene rings is 2. The number of alkyl carbamates (subject to hydrolysis) is 1. The number of thiophene rings is 1. The van der Waals surface area contributed by atoms with Gasteiger partial charge in [0.1, 0.15) is 6.61 Å². The van der Waals surface area contributed by atoms with Gasteiger partial charge in [0.05, 0.1) is 11.5 Å². The fourth-order valence-corrected chi connectivity index (χ4v) is 6.57. The lowest BCUT2D eigenvalue weighted by molar-refractivity contribution is -0.148. The molecule has 0 unspecified atom stereocenters. The number of amides is 1. The molecule has 1 fully saturated rings. The SMILES string of the molecule is O=C(NC1(c2cscc2Br)CC(C(=O)O)C1)OCC1c2ccccc2-c2ccccc21. The standard InChI is InChI=1S/C24H20BrNO4S/c25-21-13-31-12-20(21)24(9-14(10-24)22(27)28)26-23(29)30-11-19-17-7-3-1-5-15(17)16-6-2-4-8-18(16)19/h1-8,12-14,19H,9-11H2,(H,26,29)(H,27,28). The molecular weight excluding hydrogens is 478 g/mol. The number of carboxylic acids is 1. The smallest absolute Gasteiger partial charge is 0.407 e. The predicted molar refractivity (Wildman–Crippen MR) is 122 cm³/mol. The molecule has 5 rings (SSSR count). The normalized spacial score (nSPS) is 21.6. The van der Waals surface area contributed by atoms with E-state index in [1.54, 1.807) is 0 Å². The van der Waals surface area contributed by atoms with Gasteiger partial charge in [0.15, 0.2) is 0 Å². The Balaban J connectivity index is 1.33. The van der Waals surface area contributed by atoms with Crippen LogP contribution in [0, 0.1) is 5.92 Å². The minimum atomic E-state index is -0.837. The summed E-state index contributed by atoms with van der Waals surface area (Å²) in [6, 6.07) is 16.4. The van der Waals surface area contributed by atoms with Gasteiger partial charge >= 0.3 is 12.1 Å². The topological polar surface area (TPSA) is 75.6 Å². The van der Waals surface area contributed by atoms with E-state index in [4.69, 9.17) is 4.74 Å². The molecule has 2 aliphatic rings. The summed E-state index contributed by atoms with van der Waals surface area (Å²) in [4.78, 5) is 24.2. The van der Waals surface area contributed by atoms with E-state index in [2.05, 4.69) is 45.5 Å². The van der Waals surface area contributed by atoms with E-state index < -0.39 is 23.5 Å². The number of carbonyl (C=O) groups excluding carboxylic acids is 1. The average molecular weight is 498 g/mol. The number of fused-ring (bicyclic) bond motifs is 3. The molecule has 0 saturated heterocycles. The van der Waals surface area contributed by atoms with Crippen molar-refractivity contribution in [3.63, 3.8) is 0 Å². The molecule has 3 aromatic rings. The van der Waals surface area contributed by atoms with Crippen molar-refractivity contribution in [2.45, 2.75) is 24.3 Å². The van der Waals surface area contributed by atoms with E-state index in [1.807, 2.05) is 35.0 Å². The molecule has 1 amide bonds. The van der Waals surface area contributed by atoms with Crippen molar-refractivity contribution in [2.24, 2.45) is 5.92 Å². The maximum atomic E-state index is 12.8. The van der Waals surface area contributed by atoms with Gasteiger partial charge in [0, 0.05) is 21.3 Å². The van der Waals surface area contributed by atoms with Crippen molar-refractivity contribution >= 4 is 39.3 Å². The van der Waals surface area contributed by atoms with Crippen LogP contribution in [0.25, 0.3) is 11.1 Å². The number of halogens is 1. The highest BCUT2D eigenvalue weighted by Gasteiger charge is 2.51. The molecule has 2 aromatic carbocycles. The number of carboxylic acid groups (broad SMARTS) is 1. The molecule has 0 aliphatic heterocycles. The molecule has 7 heteroatoms. The number of ether oxygens (including phenoxy) is 1. The molecular formula is C24H20BrNO4S.